The van der Waals surface area contributed by atoms with Gasteiger partial charge in [-0.1, -0.05) is 36.6 Å². The number of benzene rings is 1. The number of halogens is 2. The predicted molar refractivity (Wildman–Crippen MR) is 85.3 cm³/mol. The molecule has 0 bridgehead atoms. The largest absolute Gasteiger partial charge is 0.353 e. The van der Waals surface area contributed by atoms with Gasteiger partial charge in [0, 0.05) is 11.1 Å². The second-order valence-electron chi connectivity index (χ2n) is 5.26. The maximum Gasteiger partial charge on any atom is 0.224 e. The lowest BCUT2D eigenvalue weighted by Crippen LogP contribution is -2.45. The summed E-state index contributed by atoms with van der Waals surface area (Å²) in [4.78, 5) is 12.0. The van der Waals surface area contributed by atoms with Crippen LogP contribution in [-0.2, 0) is 11.2 Å². The monoisotopic (exact) mass is 316 g/mol. The first-order valence-electron chi connectivity index (χ1n) is 6.93. The van der Waals surface area contributed by atoms with Crippen molar-refractivity contribution >= 4 is 29.9 Å². The van der Waals surface area contributed by atoms with Crippen LogP contribution in [0.1, 0.15) is 31.2 Å². The first-order valence-corrected chi connectivity index (χ1v) is 7.30. The van der Waals surface area contributed by atoms with E-state index < -0.39 is 0 Å². The van der Waals surface area contributed by atoms with Crippen LogP contribution in [0.5, 0.6) is 0 Å². The minimum Gasteiger partial charge on any atom is -0.353 e. The molecule has 3 N–H and O–H groups in total. The summed E-state index contributed by atoms with van der Waals surface area (Å²) < 4.78 is 0. The van der Waals surface area contributed by atoms with E-state index in [2.05, 4.69) is 5.32 Å². The smallest absolute Gasteiger partial charge is 0.224 e. The fraction of sp³-hybridized carbons (Fsp3) is 0.533. The van der Waals surface area contributed by atoms with Gasteiger partial charge in [0.05, 0.1) is 6.42 Å². The maximum absolute atomic E-state index is 12.0. The lowest BCUT2D eigenvalue weighted by molar-refractivity contribution is -0.121. The normalized spacial score (nSPS) is 21.9. The molecule has 2 rings (SSSR count). The fourth-order valence-corrected chi connectivity index (χ4v) is 2.85. The van der Waals surface area contributed by atoms with Crippen molar-refractivity contribution in [3.05, 3.63) is 34.9 Å². The minimum atomic E-state index is 0. The molecule has 1 aromatic carbocycles. The third-order valence-corrected chi connectivity index (χ3v) is 4.09. The first kappa shape index (κ1) is 17.3. The van der Waals surface area contributed by atoms with E-state index in [9.17, 15) is 4.79 Å². The number of rotatable bonds is 4. The van der Waals surface area contributed by atoms with Gasteiger partial charge in [-0.15, -0.1) is 12.4 Å². The van der Waals surface area contributed by atoms with E-state index in [1.807, 2.05) is 24.3 Å². The summed E-state index contributed by atoms with van der Waals surface area (Å²) in [6.07, 6.45) is 5.00. The number of amides is 1. The molecule has 5 heteroatoms. The number of hydrogen-bond donors (Lipinski definition) is 2. The Morgan fingerprint density at radius 3 is 2.55 bits per heavy atom. The van der Waals surface area contributed by atoms with Crippen LogP contribution in [0.3, 0.4) is 0 Å². The second kappa shape index (κ2) is 8.50. The van der Waals surface area contributed by atoms with Crippen LogP contribution in [0.4, 0.5) is 0 Å². The highest BCUT2D eigenvalue weighted by molar-refractivity contribution is 6.30. The molecule has 0 radical (unpaired) electrons. The highest BCUT2D eigenvalue weighted by Crippen LogP contribution is 2.23. The van der Waals surface area contributed by atoms with Gasteiger partial charge in [0.15, 0.2) is 0 Å². The third-order valence-electron chi connectivity index (χ3n) is 3.84. The molecular formula is C15H22Cl2N2O. The average molecular weight is 317 g/mol. The van der Waals surface area contributed by atoms with Crippen molar-refractivity contribution in [2.75, 3.05) is 6.54 Å². The molecule has 1 amide bonds. The van der Waals surface area contributed by atoms with Gasteiger partial charge < -0.3 is 11.1 Å². The molecule has 1 aliphatic carbocycles. The topological polar surface area (TPSA) is 55.1 Å². The van der Waals surface area contributed by atoms with Crippen molar-refractivity contribution in [3.63, 3.8) is 0 Å². The van der Waals surface area contributed by atoms with Crippen molar-refractivity contribution in [3.8, 4) is 0 Å². The molecule has 0 heterocycles. The van der Waals surface area contributed by atoms with Crippen LogP contribution in [0.15, 0.2) is 24.3 Å². The summed E-state index contributed by atoms with van der Waals surface area (Å²) in [5.74, 6) is 0.510. The van der Waals surface area contributed by atoms with Crippen molar-refractivity contribution < 1.29 is 4.79 Å². The Kier molecular flexibility index (Phi) is 7.35. The number of carbonyl (C=O) groups excluding carboxylic acids is 1. The van der Waals surface area contributed by atoms with Crippen LogP contribution < -0.4 is 11.1 Å². The SMILES string of the molecule is Cl.NCC1CCCCC1NC(=O)Cc1ccc(Cl)cc1. The van der Waals surface area contributed by atoms with Crippen molar-refractivity contribution in [1.29, 1.82) is 0 Å². The quantitative estimate of drug-likeness (QED) is 0.897. The standard InChI is InChI=1S/C15H21ClN2O.ClH/c16-13-7-5-11(6-8-13)9-15(19)18-14-4-2-1-3-12(14)10-17;/h5-8,12,14H,1-4,9-10,17H2,(H,18,19);1H. The molecule has 3 nitrogen and oxygen atoms in total. The molecule has 112 valence electrons. The molecule has 0 saturated heterocycles. The Hall–Kier alpha value is -0.770. The molecule has 2 atom stereocenters. The predicted octanol–water partition coefficient (Wildman–Crippen LogP) is 2.94. The van der Waals surface area contributed by atoms with Gasteiger partial charge in [-0.25, -0.2) is 0 Å². The van der Waals surface area contributed by atoms with E-state index in [0.29, 0.717) is 23.9 Å². The second-order valence-corrected chi connectivity index (χ2v) is 5.69. The molecular weight excluding hydrogens is 295 g/mol. The van der Waals surface area contributed by atoms with Crippen molar-refractivity contribution in [1.82, 2.24) is 5.32 Å². The van der Waals surface area contributed by atoms with Gasteiger partial charge in [0.1, 0.15) is 0 Å². The summed E-state index contributed by atoms with van der Waals surface area (Å²) in [5.41, 5.74) is 6.76. The Balaban J connectivity index is 0.00000200. The van der Waals surface area contributed by atoms with E-state index >= 15 is 0 Å². The molecule has 1 aromatic rings. The zero-order valence-corrected chi connectivity index (χ0v) is 13.1. The van der Waals surface area contributed by atoms with Crippen LogP contribution in [0.2, 0.25) is 5.02 Å². The van der Waals surface area contributed by atoms with Gasteiger partial charge in [-0.3, -0.25) is 4.79 Å². The number of nitrogens with one attached hydrogen (secondary N) is 1. The third kappa shape index (κ3) is 4.97. The lowest BCUT2D eigenvalue weighted by Gasteiger charge is -2.31. The Morgan fingerprint density at radius 1 is 1.25 bits per heavy atom. The van der Waals surface area contributed by atoms with E-state index in [1.54, 1.807) is 0 Å². The Labute approximate surface area is 131 Å². The first-order chi connectivity index (χ1) is 9.19. The Morgan fingerprint density at radius 2 is 1.90 bits per heavy atom. The van der Waals surface area contributed by atoms with E-state index in [4.69, 9.17) is 17.3 Å². The number of carbonyl (C=O) groups is 1. The van der Waals surface area contributed by atoms with Gasteiger partial charge in [0.25, 0.3) is 0 Å². The molecule has 1 saturated carbocycles. The summed E-state index contributed by atoms with van der Waals surface area (Å²) in [5, 5.41) is 3.83. The average Bonchev–Trinajstić information content (AvgIpc) is 2.42. The van der Waals surface area contributed by atoms with E-state index in [1.165, 1.54) is 12.8 Å². The van der Waals surface area contributed by atoms with Gasteiger partial charge in [0.2, 0.25) is 5.91 Å². The van der Waals surface area contributed by atoms with Gasteiger partial charge >= 0.3 is 0 Å². The molecule has 0 aliphatic heterocycles. The highest BCUT2D eigenvalue weighted by atomic mass is 35.5. The molecule has 2 unspecified atom stereocenters. The van der Waals surface area contributed by atoms with Crippen LogP contribution in [-0.4, -0.2) is 18.5 Å². The molecule has 0 aromatic heterocycles. The number of nitrogens with two attached hydrogens (primary N) is 1. The number of hydrogen-bond acceptors (Lipinski definition) is 2. The minimum absolute atomic E-state index is 0. The summed E-state index contributed by atoms with van der Waals surface area (Å²) in [7, 11) is 0. The molecule has 20 heavy (non-hydrogen) atoms. The maximum atomic E-state index is 12.0. The lowest BCUT2D eigenvalue weighted by atomic mass is 9.84. The fourth-order valence-electron chi connectivity index (χ4n) is 2.73. The van der Waals surface area contributed by atoms with Gasteiger partial charge in [-0.05, 0) is 43.0 Å². The van der Waals surface area contributed by atoms with Crippen molar-refractivity contribution in [2.24, 2.45) is 11.7 Å². The van der Waals surface area contributed by atoms with E-state index in [0.717, 1.165) is 18.4 Å². The molecule has 1 aliphatic rings. The molecule has 1 fully saturated rings. The van der Waals surface area contributed by atoms with Crippen LogP contribution >= 0.6 is 24.0 Å². The zero-order valence-electron chi connectivity index (χ0n) is 11.5. The summed E-state index contributed by atoms with van der Waals surface area (Å²) >= 11 is 5.83. The van der Waals surface area contributed by atoms with E-state index in [-0.39, 0.29) is 24.4 Å². The van der Waals surface area contributed by atoms with Crippen molar-refractivity contribution in [2.45, 2.75) is 38.1 Å². The summed E-state index contributed by atoms with van der Waals surface area (Å²) in [6.45, 7) is 0.659. The molecule has 0 spiro atoms. The highest BCUT2D eigenvalue weighted by Gasteiger charge is 2.25. The Bertz CT molecular complexity index is 422. The van der Waals surface area contributed by atoms with Gasteiger partial charge in [-0.2, -0.15) is 0 Å². The van der Waals surface area contributed by atoms with Crippen LogP contribution in [0, 0.1) is 5.92 Å². The summed E-state index contributed by atoms with van der Waals surface area (Å²) in [6, 6.07) is 7.66. The van der Waals surface area contributed by atoms with Crippen LogP contribution in [0.25, 0.3) is 0 Å². The zero-order chi connectivity index (χ0) is 13.7.